The maximum Gasteiger partial charge on any atom is 0.252 e. The lowest BCUT2D eigenvalue weighted by molar-refractivity contribution is 0.0950. The maximum atomic E-state index is 12.2. The van der Waals surface area contributed by atoms with Crippen molar-refractivity contribution in [1.82, 2.24) is 9.62 Å². The molecule has 124 valence electrons. The Labute approximate surface area is 145 Å². The number of ether oxygens (including phenoxy) is 1. The first kappa shape index (κ1) is 19.3. The van der Waals surface area contributed by atoms with E-state index >= 15 is 0 Å². The van der Waals surface area contributed by atoms with Gasteiger partial charge in [0.1, 0.15) is 0 Å². The summed E-state index contributed by atoms with van der Waals surface area (Å²) in [4.78, 5) is 12.3. The van der Waals surface area contributed by atoms with E-state index in [2.05, 4.69) is 5.32 Å². The summed E-state index contributed by atoms with van der Waals surface area (Å²) in [6.45, 7) is 1.19. The molecule has 1 rings (SSSR count). The van der Waals surface area contributed by atoms with Crippen LogP contribution in [0.4, 0.5) is 0 Å². The highest BCUT2D eigenvalue weighted by Crippen LogP contribution is 2.20. The van der Waals surface area contributed by atoms with Gasteiger partial charge in [-0.1, -0.05) is 0 Å². The van der Waals surface area contributed by atoms with E-state index in [0.717, 1.165) is 17.1 Å². The minimum Gasteiger partial charge on any atom is -0.385 e. The fraction of sp³-hybridized carbons (Fsp3) is 0.500. The summed E-state index contributed by atoms with van der Waals surface area (Å²) in [6, 6.07) is 4.56. The molecule has 0 saturated carbocycles. The van der Waals surface area contributed by atoms with Gasteiger partial charge in [-0.15, -0.1) is 0 Å². The van der Waals surface area contributed by atoms with Crippen LogP contribution >= 0.6 is 22.6 Å². The molecule has 0 aliphatic rings. The molecule has 0 aromatic heterocycles. The van der Waals surface area contributed by atoms with Gasteiger partial charge < -0.3 is 10.1 Å². The van der Waals surface area contributed by atoms with Crippen molar-refractivity contribution in [2.45, 2.75) is 17.7 Å². The molecule has 22 heavy (non-hydrogen) atoms. The smallest absolute Gasteiger partial charge is 0.252 e. The first-order valence-corrected chi connectivity index (χ1v) is 9.31. The van der Waals surface area contributed by atoms with Gasteiger partial charge in [-0.25, -0.2) is 12.7 Å². The first-order valence-electron chi connectivity index (χ1n) is 6.80. The van der Waals surface area contributed by atoms with Crippen molar-refractivity contribution < 1.29 is 17.9 Å². The van der Waals surface area contributed by atoms with Crippen molar-refractivity contribution in [3.05, 3.63) is 27.3 Å². The number of nitrogens with zero attached hydrogens (tertiary/aromatic N) is 1. The third-order valence-electron chi connectivity index (χ3n) is 3.02. The lowest BCUT2D eigenvalue weighted by Gasteiger charge is -2.13. The number of hydrogen-bond donors (Lipinski definition) is 1. The number of nitrogens with one attached hydrogen (secondary N) is 1. The average Bonchev–Trinajstić information content (AvgIpc) is 2.46. The van der Waals surface area contributed by atoms with Gasteiger partial charge in [-0.05, 0) is 53.6 Å². The van der Waals surface area contributed by atoms with Crippen LogP contribution in [0, 0.1) is 3.57 Å². The van der Waals surface area contributed by atoms with Crippen LogP contribution in [0.5, 0.6) is 0 Å². The predicted octanol–water partition coefficient (Wildman–Crippen LogP) is 1.70. The number of amides is 1. The molecule has 0 saturated heterocycles. The van der Waals surface area contributed by atoms with Crippen LogP contribution in [0.15, 0.2) is 23.1 Å². The lowest BCUT2D eigenvalue weighted by Crippen LogP contribution is -2.27. The topological polar surface area (TPSA) is 75.7 Å². The molecule has 1 aromatic rings. The number of methoxy groups -OCH3 is 1. The SMILES string of the molecule is COCCCCNC(=O)c1cc(S(=O)(=O)N(C)C)ccc1I. The van der Waals surface area contributed by atoms with E-state index in [1.54, 1.807) is 13.2 Å². The Morgan fingerprint density at radius 1 is 1.32 bits per heavy atom. The van der Waals surface area contributed by atoms with Crippen molar-refractivity contribution in [3.8, 4) is 0 Å². The molecule has 1 amide bonds. The van der Waals surface area contributed by atoms with Gasteiger partial charge in [0.2, 0.25) is 10.0 Å². The van der Waals surface area contributed by atoms with Crippen LogP contribution in [-0.2, 0) is 14.8 Å². The summed E-state index contributed by atoms with van der Waals surface area (Å²) in [5.41, 5.74) is 0.371. The second-order valence-corrected chi connectivity index (χ2v) is 8.20. The van der Waals surface area contributed by atoms with E-state index in [0.29, 0.717) is 22.3 Å². The molecule has 0 aliphatic carbocycles. The van der Waals surface area contributed by atoms with Gasteiger partial charge in [0.05, 0.1) is 10.5 Å². The molecule has 8 heteroatoms. The minimum absolute atomic E-state index is 0.113. The minimum atomic E-state index is -3.55. The fourth-order valence-corrected chi connectivity index (χ4v) is 3.23. The number of carbonyl (C=O) groups is 1. The summed E-state index contributed by atoms with van der Waals surface area (Å²) >= 11 is 2.02. The summed E-state index contributed by atoms with van der Waals surface area (Å²) in [5, 5.41) is 2.80. The number of hydrogen-bond acceptors (Lipinski definition) is 4. The van der Waals surface area contributed by atoms with Crippen LogP contribution in [0.1, 0.15) is 23.2 Å². The largest absolute Gasteiger partial charge is 0.385 e. The van der Waals surface area contributed by atoms with E-state index in [4.69, 9.17) is 4.74 Å². The molecule has 0 fully saturated rings. The molecule has 1 N–H and O–H groups in total. The molecule has 0 aliphatic heterocycles. The monoisotopic (exact) mass is 440 g/mol. The number of rotatable bonds is 8. The summed E-state index contributed by atoms with van der Waals surface area (Å²) in [6.07, 6.45) is 1.68. The lowest BCUT2D eigenvalue weighted by atomic mass is 10.2. The number of sulfonamides is 1. The Bertz CT molecular complexity index is 617. The zero-order valence-corrected chi connectivity index (χ0v) is 15.9. The number of carbonyl (C=O) groups excluding carboxylic acids is 1. The van der Waals surface area contributed by atoms with Gasteiger partial charge in [0.15, 0.2) is 0 Å². The Balaban J connectivity index is 2.84. The van der Waals surface area contributed by atoms with E-state index in [1.807, 2.05) is 22.6 Å². The first-order chi connectivity index (χ1) is 10.3. The molecular weight excluding hydrogens is 419 g/mol. The summed E-state index contributed by atoms with van der Waals surface area (Å²) in [5.74, 6) is -0.266. The van der Waals surface area contributed by atoms with Crippen LogP contribution in [0.3, 0.4) is 0 Å². The van der Waals surface area contributed by atoms with E-state index < -0.39 is 10.0 Å². The predicted molar refractivity (Wildman–Crippen MR) is 93.5 cm³/mol. The van der Waals surface area contributed by atoms with Gasteiger partial charge in [0.25, 0.3) is 5.91 Å². The Kier molecular flexibility index (Phi) is 7.74. The Morgan fingerprint density at radius 3 is 2.59 bits per heavy atom. The quantitative estimate of drug-likeness (QED) is 0.493. The number of benzene rings is 1. The van der Waals surface area contributed by atoms with Crippen molar-refractivity contribution in [2.24, 2.45) is 0 Å². The molecule has 0 spiro atoms. The highest BCUT2D eigenvalue weighted by molar-refractivity contribution is 14.1. The van der Waals surface area contributed by atoms with Crippen LogP contribution in [0.2, 0.25) is 0 Å². The van der Waals surface area contributed by atoms with Crippen LogP contribution in [0.25, 0.3) is 0 Å². The number of halogens is 1. The molecule has 0 radical (unpaired) electrons. The van der Waals surface area contributed by atoms with E-state index in [-0.39, 0.29) is 10.8 Å². The molecular formula is C14H21IN2O4S. The van der Waals surface area contributed by atoms with Crippen LogP contribution < -0.4 is 5.32 Å². The molecule has 0 bridgehead atoms. The standard InChI is InChI=1S/C14H21IN2O4S/c1-17(2)22(19,20)11-6-7-13(15)12(10-11)14(18)16-8-4-5-9-21-3/h6-7,10H,4-5,8-9H2,1-3H3,(H,16,18). The van der Waals surface area contributed by atoms with E-state index in [9.17, 15) is 13.2 Å². The molecule has 1 aromatic carbocycles. The summed E-state index contributed by atoms with van der Waals surface area (Å²) in [7, 11) is 1.01. The van der Waals surface area contributed by atoms with Gasteiger partial charge in [-0.3, -0.25) is 4.79 Å². The highest BCUT2D eigenvalue weighted by atomic mass is 127. The summed E-state index contributed by atoms with van der Waals surface area (Å²) < 4.78 is 31.0. The zero-order chi connectivity index (χ0) is 16.8. The molecule has 0 unspecified atom stereocenters. The van der Waals surface area contributed by atoms with Crippen molar-refractivity contribution in [3.63, 3.8) is 0 Å². The Hall–Kier alpha value is -0.710. The van der Waals surface area contributed by atoms with Crippen molar-refractivity contribution >= 4 is 38.5 Å². The van der Waals surface area contributed by atoms with Gasteiger partial charge in [-0.2, -0.15) is 0 Å². The Morgan fingerprint density at radius 2 is 2.00 bits per heavy atom. The van der Waals surface area contributed by atoms with Crippen LogP contribution in [-0.4, -0.2) is 53.0 Å². The normalized spacial score (nSPS) is 11.7. The van der Waals surface area contributed by atoms with Gasteiger partial charge in [0, 0.05) is 37.9 Å². The van der Waals surface area contributed by atoms with Gasteiger partial charge >= 0.3 is 0 Å². The van der Waals surface area contributed by atoms with E-state index in [1.165, 1.54) is 26.2 Å². The van der Waals surface area contributed by atoms with Crippen molar-refractivity contribution in [1.29, 1.82) is 0 Å². The molecule has 0 atom stereocenters. The third kappa shape index (κ3) is 5.18. The highest BCUT2D eigenvalue weighted by Gasteiger charge is 2.20. The maximum absolute atomic E-state index is 12.2. The second kappa shape index (κ2) is 8.80. The molecule has 6 nitrogen and oxygen atoms in total. The number of unbranched alkanes of at least 4 members (excludes halogenated alkanes) is 1. The molecule has 0 heterocycles. The third-order valence-corrected chi connectivity index (χ3v) is 5.77. The zero-order valence-electron chi connectivity index (χ0n) is 12.9. The fourth-order valence-electron chi connectivity index (χ4n) is 1.72. The van der Waals surface area contributed by atoms with Crippen molar-refractivity contribution in [2.75, 3.05) is 34.4 Å². The second-order valence-electron chi connectivity index (χ2n) is 4.88. The average molecular weight is 440 g/mol.